The number of amides is 2. The minimum atomic E-state index is -3.29. The van der Waals surface area contributed by atoms with Crippen LogP contribution in [0.15, 0.2) is 41.4 Å². The van der Waals surface area contributed by atoms with Crippen LogP contribution in [0.4, 0.5) is 4.79 Å². The molecule has 0 radical (unpaired) electrons. The van der Waals surface area contributed by atoms with Gasteiger partial charge in [-0.25, -0.2) is 13.2 Å². The smallest absolute Gasteiger partial charge is 0.317 e. The van der Waals surface area contributed by atoms with Gasteiger partial charge in [0.1, 0.15) is 0 Å². The number of aryl methyl sites for hydroxylation is 1. The minimum Gasteiger partial charge on any atom is -0.338 e. The third kappa shape index (κ3) is 3.37. The highest BCUT2D eigenvalue weighted by atomic mass is 32.2. The number of urea groups is 1. The molecule has 1 aromatic carbocycles. The van der Waals surface area contributed by atoms with Gasteiger partial charge in [-0.2, -0.15) is 5.10 Å². The lowest BCUT2D eigenvalue weighted by Crippen LogP contribution is -2.40. The molecule has 2 aliphatic heterocycles. The summed E-state index contributed by atoms with van der Waals surface area (Å²) in [5.41, 5.74) is 3.54. The first kappa shape index (κ1) is 20.0. The first-order valence-electron chi connectivity index (χ1n) is 10.5. The topological polar surface area (TPSA) is 97.2 Å². The molecule has 5 rings (SSSR count). The molecule has 0 saturated carbocycles. The number of nitrogens with zero attached hydrogens (tertiary/aromatic N) is 4. The van der Waals surface area contributed by atoms with E-state index in [1.807, 2.05) is 22.6 Å². The van der Waals surface area contributed by atoms with E-state index >= 15 is 0 Å². The normalized spacial score (nSPS) is 20.5. The monoisotopic (exact) mass is 439 g/mol. The zero-order valence-corrected chi connectivity index (χ0v) is 18.4. The molecule has 2 aliphatic rings. The van der Waals surface area contributed by atoms with Crippen molar-refractivity contribution in [3.05, 3.63) is 42.2 Å². The van der Waals surface area contributed by atoms with Crippen LogP contribution < -0.4 is 5.32 Å². The molecule has 1 fully saturated rings. The molecule has 1 spiro atoms. The summed E-state index contributed by atoms with van der Waals surface area (Å²) in [5.74, 6) is 0. The summed E-state index contributed by atoms with van der Waals surface area (Å²) in [4.78, 5) is 19.0. The lowest BCUT2D eigenvalue weighted by atomic mass is 9.82. The molecule has 9 heteroatoms. The number of likely N-dealkylation sites (tertiary alicyclic amines) is 1. The summed E-state index contributed by atoms with van der Waals surface area (Å²) in [6.45, 7) is 4.84. The van der Waals surface area contributed by atoms with E-state index in [-0.39, 0.29) is 16.3 Å². The second-order valence-electron chi connectivity index (χ2n) is 8.53. The SMILES string of the molecule is CCNC(=O)N1CCC2(CCn3nc(-c4cnc5ccc(S(C)(=O)=O)cc5c4)cc32)C1. The van der Waals surface area contributed by atoms with E-state index in [2.05, 4.69) is 16.4 Å². The van der Waals surface area contributed by atoms with Crippen molar-refractivity contribution >= 4 is 26.8 Å². The molecular weight excluding hydrogens is 414 g/mol. The molecule has 8 nitrogen and oxygen atoms in total. The molecule has 1 saturated heterocycles. The molecule has 2 amide bonds. The summed E-state index contributed by atoms with van der Waals surface area (Å²) in [6.07, 6.45) is 4.90. The highest BCUT2D eigenvalue weighted by Crippen LogP contribution is 2.43. The van der Waals surface area contributed by atoms with Crippen LogP contribution in [-0.4, -0.2) is 60.0 Å². The third-order valence-corrected chi connectivity index (χ3v) is 7.58. The standard InChI is InChI=1S/C22H25N5O3S/c1-3-23-21(28)26-8-6-22(14-26)7-9-27-20(22)12-19(25-27)16-10-15-11-17(31(2,29)30)4-5-18(15)24-13-16/h4-5,10-13H,3,6-9,14H2,1-2H3,(H,23,28). The van der Waals surface area contributed by atoms with E-state index in [1.54, 1.807) is 24.4 Å². The maximum Gasteiger partial charge on any atom is 0.317 e. The second-order valence-corrected chi connectivity index (χ2v) is 10.5. The third-order valence-electron chi connectivity index (χ3n) is 6.47. The fraction of sp³-hybridized carbons (Fsp3) is 0.409. The van der Waals surface area contributed by atoms with Crippen molar-refractivity contribution in [2.75, 3.05) is 25.9 Å². The van der Waals surface area contributed by atoms with Crippen molar-refractivity contribution in [3.8, 4) is 11.3 Å². The van der Waals surface area contributed by atoms with Gasteiger partial charge in [0.05, 0.1) is 16.1 Å². The number of hydrogen-bond acceptors (Lipinski definition) is 5. The van der Waals surface area contributed by atoms with Crippen LogP contribution in [0, 0.1) is 0 Å². The van der Waals surface area contributed by atoms with Crippen LogP contribution >= 0.6 is 0 Å². The van der Waals surface area contributed by atoms with Crippen LogP contribution in [0.2, 0.25) is 0 Å². The minimum absolute atomic E-state index is 0.00188. The molecule has 162 valence electrons. The van der Waals surface area contributed by atoms with Crippen molar-refractivity contribution in [3.63, 3.8) is 0 Å². The van der Waals surface area contributed by atoms with E-state index in [1.165, 1.54) is 11.9 Å². The molecule has 4 heterocycles. The lowest BCUT2D eigenvalue weighted by Gasteiger charge is -2.23. The Balaban J connectivity index is 1.48. The summed E-state index contributed by atoms with van der Waals surface area (Å²) in [6, 6.07) is 9.02. The zero-order valence-electron chi connectivity index (χ0n) is 17.6. The number of benzene rings is 1. The van der Waals surface area contributed by atoms with Crippen LogP contribution in [0.5, 0.6) is 0 Å². The van der Waals surface area contributed by atoms with E-state index in [0.29, 0.717) is 13.1 Å². The Morgan fingerprint density at radius 1 is 1.19 bits per heavy atom. The van der Waals surface area contributed by atoms with Gasteiger partial charge in [-0.15, -0.1) is 0 Å². The number of pyridine rings is 1. The van der Waals surface area contributed by atoms with Gasteiger partial charge < -0.3 is 10.2 Å². The highest BCUT2D eigenvalue weighted by molar-refractivity contribution is 7.90. The van der Waals surface area contributed by atoms with Crippen LogP contribution in [-0.2, 0) is 21.8 Å². The Hall–Kier alpha value is -2.94. The summed E-state index contributed by atoms with van der Waals surface area (Å²) in [5, 5.41) is 8.47. The number of aromatic nitrogens is 3. The van der Waals surface area contributed by atoms with Gasteiger partial charge in [-0.3, -0.25) is 9.67 Å². The average Bonchev–Trinajstić information content (AvgIpc) is 3.44. The van der Waals surface area contributed by atoms with Gasteiger partial charge in [0.15, 0.2) is 9.84 Å². The van der Waals surface area contributed by atoms with Crippen LogP contribution in [0.25, 0.3) is 22.2 Å². The zero-order chi connectivity index (χ0) is 21.8. The number of sulfone groups is 1. The lowest BCUT2D eigenvalue weighted by molar-refractivity contribution is 0.206. The molecule has 31 heavy (non-hydrogen) atoms. The summed E-state index contributed by atoms with van der Waals surface area (Å²) >= 11 is 0. The Kier molecular flexibility index (Phi) is 4.55. The molecule has 2 aromatic heterocycles. The van der Waals surface area contributed by atoms with Gasteiger partial charge in [-0.1, -0.05) is 0 Å². The van der Waals surface area contributed by atoms with E-state index < -0.39 is 9.84 Å². The largest absolute Gasteiger partial charge is 0.338 e. The maximum atomic E-state index is 12.3. The predicted octanol–water partition coefficient (Wildman–Crippen LogP) is 2.58. The molecule has 1 unspecified atom stereocenters. The second kappa shape index (κ2) is 7.05. The number of nitrogens with one attached hydrogen (secondary N) is 1. The number of fused-ring (bicyclic) bond motifs is 3. The molecule has 0 aliphatic carbocycles. The first-order valence-corrected chi connectivity index (χ1v) is 12.4. The van der Waals surface area contributed by atoms with Gasteiger partial charge in [0.25, 0.3) is 0 Å². The van der Waals surface area contributed by atoms with Gasteiger partial charge in [-0.05, 0) is 50.1 Å². The molecule has 1 N–H and O–H groups in total. The molecular formula is C22H25N5O3S. The Bertz CT molecular complexity index is 1300. The van der Waals surface area contributed by atoms with E-state index in [4.69, 9.17) is 5.10 Å². The van der Waals surface area contributed by atoms with Crippen molar-refractivity contribution in [2.24, 2.45) is 0 Å². The first-order chi connectivity index (χ1) is 14.8. The molecule has 1 atom stereocenters. The Morgan fingerprint density at radius 2 is 2.00 bits per heavy atom. The fourth-order valence-electron chi connectivity index (χ4n) is 4.81. The van der Waals surface area contributed by atoms with Gasteiger partial charge in [0, 0.05) is 60.7 Å². The average molecular weight is 440 g/mol. The van der Waals surface area contributed by atoms with E-state index in [0.717, 1.165) is 48.1 Å². The van der Waals surface area contributed by atoms with Crippen LogP contribution in [0.3, 0.4) is 0 Å². The quantitative estimate of drug-likeness (QED) is 0.677. The number of carbonyl (C=O) groups is 1. The number of rotatable bonds is 3. The van der Waals surface area contributed by atoms with Gasteiger partial charge >= 0.3 is 6.03 Å². The number of hydrogen-bond donors (Lipinski definition) is 1. The van der Waals surface area contributed by atoms with Gasteiger partial charge in [0.2, 0.25) is 0 Å². The van der Waals surface area contributed by atoms with Crippen molar-refractivity contribution in [2.45, 2.75) is 36.6 Å². The predicted molar refractivity (Wildman–Crippen MR) is 118 cm³/mol. The van der Waals surface area contributed by atoms with Crippen molar-refractivity contribution in [1.82, 2.24) is 25.0 Å². The Morgan fingerprint density at radius 3 is 2.77 bits per heavy atom. The summed E-state index contributed by atoms with van der Waals surface area (Å²) in [7, 11) is -3.29. The van der Waals surface area contributed by atoms with E-state index in [9.17, 15) is 13.2 Å². The summed E-state index contributed by atoms with van der Waals surface area (Å²) < 4.78 is 25.9. The van der Waals surface area contributed by atoms with Crippen molar-refractivity contribution < 1.29 is 13.2 Å². The fourth-order valence-corrected chi connectivity index (χ4v) is 5.46. The maximum absolute atomic E-state index is 12.3. The van der Waals surface area contributed by atoms with Crippen molar-refractivity contribution in [1.29, 1.82) is 0 Å². The highest BCUT2D eigenvalue weighted by Gasteiger charge is 2.46. The molecule has 3 aromatic rings. The molecule has 0 bridgehead atoms. The Labute approximate surface area is 181 Å². The van der Waals surface area contributed by atoms with Crippen LogP contribution in [0.1, 0.15) is 25.5 Å². The number of carbonyl (C=O) groups excluding carboxylic acids is 1.